The highest BCUT2D eigenvalue weighted by atomic mass is 13.7. The van der Waals surface area contributed by atoms with Crippen molar-refractivity contribution in [3.63, 3.8) is 0 Å². The SMILES string of the molecule is C.CC/C=C\CC. The highest BCUT2D eigenvalue weighted by molar-refractivity contribution is 4.77. The predicted molar refractivity (Wildman–Crippen MR) is 36.5 cm³/mol. The van der Waals surface area contributed by atoms with E-state index in [-0.39, 0.29) is 7.43 Å². The van der Waals surface area contributed by atoms with Gasteiger partial charge in [0.05, 0.1) is 0 Å². The highest BCUT2D eigenvalue weighted by Crippen LogP contribution is 1.81. The summed E-state index contributed by atoms with van der Waals surface area (Å²) in [6.45, 7) is 4.29. The fourth-order valence-electron chi connectivity index (χ4n) is 0.333. The van der Waals surface area contributed by atoms with Gasteiger partial charge < -0.3 is 0 Å². The Morgan fingerprint density at radius 3 is 1.43 bits per heavy atom. The molecule has 0 aromatic rings. The van der Waals surface area contributed by atoms with Crippen LogP contribution in [0.15, 0.2) is 12.2 Å². The Hall–Kier alpha value is -0.260. The molecular formula is C7H16. The zero-order valence-electron chi connectivity index (χ0n) is 4.57. The van der Waals surface area contributed by atoms with Crippen LogP contribution in [0.1, 0.15) is 34.1 Å². The van der Waals surface area contributed by atoms with Gasteiger partial charge in [0.25, 0.3) is 0 Å². The van der Waals surface area contributed by atoms with E-state index in [1.54, 1.807) is 0 Å². The Labute approximate surface area is 47.2 Å². The van der Waals surface area contributed by atoms with E-state index in [0.717, 1.165) is 0 Å². The van der Waals surface area contributed by atoms with Crippen molar-refractivity contribution in [2.45, 2.75) is 34.1 Å². The summed E-state index contributed by atoms with van der Waals surface area (Å²) in [4.78, 5) is 0. The molecule has 0 saturated heterocycles. The van der Waals surface area contributed by atoms with Crippen LogP contribution in [0.2, 0.25) is 0 Å². The van der Waals surface area contributed by atoms with Crippen molar-refractivity contribution >= 4 is 0 Å². The van der Waals surface area contributed by atoms with E-state index >= 15 is 0 Å². The van der Waals surface area contributed by atoms with Crippen LogP contribution in [0, 0.1) is 0 Å². The van der Waals surface area contributed by atoms with Gasteiger partial charge in [0, 0.05) is 0 Å². The Morgan fingerprint density at radius 1 is 1.00 bits per heavy atom. The van der Waals surface area contributed by atoms with Gasteiger partial charge in [-0.2, -0.15) is 0 Å². The van der Waals surface area contributed by atoms with Crippen LogP contribution < -0.4 is 0 Å². The van der Waals surface area contributed by atoms with Crippen LogP contribution in [0.3, 0.4) is 0 Å². The molecule has 0 aliphatic heterocycles. The summed E-state index contributed by atoms with van der Waals surface area (Å²) in [6, 6.07) is 0. The predicted octanol–water partition coefficient (Wildman–Crippen LogP) is 3.00. The Kier molecular flexibility index (Phi) is 13.0. The lowest BCUT2D eigenvalue weighted by atomic mass is 10.4. The zero-order valence-corrected chi connectivity index (χ0v) is 4.57. The highest BCUT2D eigenvalue weighted by Gasteiger charge is 1.60. The topological polar surface area (TPSA) is 0 Å². The molecule has 0 nitrogen and oxygen atoms in total. The molecule has 44 valence electrons. The van der Waals surface area contributed by atoms with E-state index in [4.69, 9.17) is 0 Å². The lowest BCUT2D eigenvalue weighted by Crippen LogP contribution is -1.51. The maximum atomic E-state index is 2.18. The van der Waals surface area contributed by atoms with Crippen LogP contribution in [0.4, 0.5) is 0 Å². The van der Waals surface area contributed by atoms with Gasteiger partial charge in [-0.3, -0.25) is 0 Å². The summed E-state index contributed by atoms with van der Waals surface area (Å²) in [5.74, 6) is 0. The first-order valence-corrected chi connectivity index (χ1v) is 2.56. The Bertz CT molecular complexity index is 29.3. The average Bonchev–Trinajstić information content (AvgIpc) is 1.61. The van der Waals surface area contributed by atoms with Crippen molar-refractivity contribution < 1.29 is 0 Å². The molecule has 0 rings (SSSR count). The van der Waals surface area contributed by atoms with E-state index in [9.17, 15) is 0 Å². The molecule has 0 fully saturated rings. The minimum atomic E-state index is 0. The Morgan fingerprint density at radius 2 is 1.29 bits per heavy atom. The van der Waals surface area contributed by atoms with Crippen LogP contribution >= 0.6 is 0 Å². The van der Waals surface area contributed by atoms with E-state index in [2.05, 4.69) is 26.0 Å². The monoisotopic (exact) mass is 100 g/mol. The number of hydrogen-bond acceptors (Lipinski definition) is 0. The third-order valence-corrected chi connectivity index (χ3v) is 0.638. The third-order valence-electron chi connectivity index (χ3n) is 0.638. The summed E-state index contributed by atoms with van der Waals surface area (Å²) < 4.78 is 0. The summed E-state index contributed by atoms with van der Waals surface area (Å²) in [6.07, 6.45) is 6.71. The summed E-state index contributed by atoms with van der Waals surface area (Å²) >= 11 is 0. The molecular weight excluding hydrogens is 84.1 g/mol. The lowest BCUT2D eigenvalue weighted by molar-refractivity contribution is 1.16. The quantitative estimate of drug-likeness (QED) is 0.468. The first kappa shape index (κ1) is 9.88. The van der Waals surface area contributed by atoms with Crippen molar-refractivity contribution in [1.29, 1.82) is 0 Å². The first-order valence-electron chi connectivity index (χ1n) is 2.56. The summed E-state index contributed by atoms with van der Waals surface area (Å²) in [5.41, 5.74) is 0. The molecule has 0 unspecified atom stereocenters. The van der Waals surface area contributed by atoms with Gasteiger partial charge in [-0.05, 0) is 12.8 Å². The molecule has 0 heterocycles. The molecule has 0 bridgehead atoms. The second-order valence-electron chi connectivity index (χ2n) is 1.29. The lowest BCUT2D eigenvalue weighted by Gasteiger charge is -1.72. The second-order valence-corrected chi connectivity index (χ2v) is 1.29. The molecule has 0 aromatic carbocycles. The zero-order chi connectivity index (χ0) is 4.83. The largest absolute Gasteiger partial charge is 0.0888 e. The minimum Gasteiger partial charge on any atom is -0.0888 e. The van der Waals surface area contributed by atoms with Gasteiger partial charge in [0.1, 0.15) is 0 Å². The first-order chi connectivity index (χ1) is 2.91. The van der Waals surface area contributed by atoms with Crippen molar-refractivity contribution in [3.8, 4) is 0 Å². The van der Waals surface area contributed by atoms with E-state index < -0.39 is 0 Å². The van der Waals surface area contributed by atoms with Gasteiger partial charge in [0.15, 0.2) is 0 Å². The van der Waals surface area contributed by atoms with Crippen LogP contribution in [0.5, 0.6) is 0 Å². The van der Waals surface area contributed by atoms with Gasteiger partial charge in [-0.25, -0.2) is 0 Å². The number of rotatable bonds is 2. The van der Waals surface area contributed by atoms with Crippen LogP contribution in [-0.2, 0) is 0 Å². The molecule has 0 radical (unpaired) electrons. The number of hydrogen-bond donors (Lipinski definition) is 0. The normalized spacial score (nSPS) is 8.86. The van der Waals surface area contributed by atoms with E-state index in [1.807, 2.05) is 0 Å². The smallest absolute Gasteiger partial charge is 0.0379 e. The molecule has 0 aliphatic rings. The van der Waals surface area contributed by atoms with Crippen LogP contribution in [-0.4, -0.2) is 0 Å². The standard InChI is InChI=1S/C6H12.CH4/c1-3-5-6-4-2;/h5-6H,3-4H2,1-2H3;1H4/b6-5-;. The minimum absolute atomic E-state index is 0. The van der Waals surface area contributed by atoms with E-state index in [1.165, 1.54) is 12.8 Å². The van der Waals surface area contributed by atoms with E-state index in [0.29, 0.717) is 0 Å². The van der Waals surface area contributed by atoms with Gasteiger partial charge in [0.2, 0.25) is 0 Å². The Balaban J connectivity index is 0. The molecule has 0 atom stereocenters. The van der Waals surface area contributed by atoms with Crippen molar-refractivity contribution in [3.05, 3.63) is 12.2 Å². The van der Waals surface area contributed by atoms with Crippen molar-refractivity contribution in [1.82, 2.24) is 0 Å². The number of allylic oxidation sites excluding steroid dienone is 2. The maximum Gasteiger partial charge on any atom is -0.0379 e. The van der Waals surface area contributed by atoms with Gasteiger partial charge in [-0.1, -0.05) is 33.4 Å². The second kappa shape index (κ2) is 9.22. The average molecular weight is 100 g/mol. The summed E-state index contributed by atoms with van der Waals surface area (Å²) in [5, 5.41) is 0. The van der Waals surface area contributed by atoms with Gasteiger partial charge >= 0.3 is 0 Å². The van der Waals surface area contributed by atoms with Crippen molar-refractivity contribution in [2.24, 2.45) is 0 Å². The van der Waals surface area contributed by atoms with Gasteiger partial charge in [-0.15, -0.1) is 0 Å². The molecule has 0 N–H and O–H groups in total. The molecule has 0 amide bonds. The van der Waals surface area contributed by atoms with Crippen LogP contribution in [0.25, 0.3) is 0 Å². The molecule has 7 heavy (non-hydrogen) atoms. The fraction of sp³-hybridized carbons (Fsp3) is 0.714. The fourth-order valence-corrected chi connectivity index (χ4v) is 0.333. The molecule has 0 saturated carbocycles. The summed E-state index contributed by atoms with van der Waals surface area (Å²) in [7, 11) is 0. The third kappa shape index (κ3) is 10.7. The molecule has 0 heteroatoms. The molecule has 0 aliphatic carbocycles. The molecule has 0 aromatic heterocycles. The maximum absolute atomic E-state index is 2.18. The molecule has 0 spiro atoms. The van der Waals surface area contributed by atoms with Crippen molar-refractivity contribution in [2.75, 3.05) is 0 Å².